The molecule has 0 bridgehead atoms. The Bertz CT molecular complexity index is 1580. The second-order valence-electron chi connectivity index (χ2n) is 11.9. The number of hydrogen-bond donors (Lipinski definition) is 1. The van der Waals surface area contributed by atoms with Crippen LogP contribution in [0.2, 0.25) is 5.02 Å². The van der Waals surface area contributed by atoms with Crippen LogP contribution in [0.1, 0.15) is 47.8 Å². The molecule has 0 spiro atoms. The number of rotatable bonds is 6. The van der Waals surface area contributed by atoms with Crippen molar-refractivity contribution in [3.63, 3.8) is 0 Å². The zero-order chi connectivity index (χ0) is 32.1. The smallest absolute Gasteiger partial charge is 0.433 e. The number of nitrogens with zero attached hydrogens (tertiary/aromatic N) is 5. The minimum absolute atomic E-state index is 0.177. The van der Waals surface area contributed by atoms with Gasteiger partial charge in [-0.15, -0.1) is 0 Å². The highest BCUT2D eigenvalue weighted by molar-refractivity contribution is 6.31. The van der Waals surface area contributed by atoms with Crippen molar-refractivity contribution < 1.29 is 36.6 Å². The summed E-state index contributed by atoms with van der Waals surface area (Å²) in [6, 6.07) is 12.5. The van der Waals surface area contributed by atoms with Crippen LogP contribution in [0.5, 0.6) is 0 Å². The van der Waals surface area contributed by atoms with Crippen molar-refractivity contribution in [3.8, 4) is 11.1 Å². The van der Waals surface area contributed by atoms with Gasteiger partial charge in [-0.25, -0.2) is 13.6 Å². The van der Waals surface area contributed by atoms with E-state index in [9.17, 15) is 36.6 Å². The highest BCUT2D eigenvalue weighted by Crippen LogP contribution is 2.43. The Labute approximate surface area is 261 Å². The third-order valence-electron chi connectivity index (χ3n) is 8.91. The van der Waals surface area contributed by atoms with E-state index in [1.807, 2.05) is 35.2 Å². The van der Waals surface area contributed by atoms with Crippen molar-refractivity contribution in [2.24, 2.45) is 5.92 Å². The van der Waals surface area contributed by atoms with Crippen molar-refractivity contribution >= 4 is 34.9 Å². The zero-order valence-electron chi connectivity index (χ0n) is 24.1. The molecule has 2 aliphatic heterocycles. The Hall–Kier alpha value is -3.87. The van der Waals surface area contributed by atoms with Gasteiger partial charge in [0.1, 0.15) is 5.56 Å². The highest BCUT2D eigenvalue weighted by atomic mass is 35.5. The number of hydrogen-bond acceptors (Lipinski definition) is 5. The fraction of sp³-hybridized carbons (Fsp3) is 0.452. The van der Waals surface area contributed by atoms with E-state index in [4.69, 9.17) is 11.6 Å². The molecule has 1 saturated carbocycles. The SMILES string of the molecule is O=C(O)c1cnn(C2CCCN(c3cc(Cl)ccc3-c3ccc(N4CCN(C(=O)C5CC(F)(F)C5)CC4)cc3)C2)c1C(F)(F)F. The summed E-state index contributed by atoms with van der Waals surface area (Å²) in [6.45, 7) is 2.81. The molecule has 1 aromatic heterocycles. The van der Waals surface area contributed by atoms with Crippen LogP contribution < -0.4 is 9.80 Å². The molecule has 3 aromatic rings. The average molecular weight is 652 g/mol. The number of carboxylic acid groups (broad SMARTS) is 1. The van der Waals surface area contributed by atoms with Crippen LogP contribution in [0.25, 0.3) is 11.1 Å². The normalized spacial score (nSPS) is 20.7. The van der Waals surface area contributed by atoms with Gasteiger partial charge in [0.05, 0.1) is 12.2 Å². The number of piperazine rings is 1. The molecule has 1 aliphatic carbocycles. The van der Waals surface area contributed by atoms with Gasteiger partial charge in [-0.1, -0.05) is 29.8 Å². The molecule has 14 heteroatoms. The van der Waals surface area contributed by atoms with E-state index in [2.05, 4.69) is 10.00 Å². The predicted molar refractivity (Wildman–Crippen MR) is 158 cm³/mol. The Balaban J connectivity index is 1.17. The lowest BCUT2D eigenvalue weighted by atomic mass is 9.80. The van der Waals surface area contributed by atoms with Gasteiger partial charge in [-0.3, -0.25) is 9.48 Å². The molecule has 240 valence electrons. The first-order chi connectivity index (χ1) is 21.3. The van der Waals surface area contributed by atoms with E-state index in [1.165, 1.54) is 0 Å². The first kappa shape index (κ1) is 31.1. The molecule has 3 fully saturated rings. The molecule has 2 aromatic carbocycles. The molecule has 0 radical (unpaired) electrons. The van der Waals surface area contributed by atoms with Crippen molar-refractivity contribution in [2.75, 3.05) is 49.1 Å². The lowest BCUT2D eigenvalue weighted by molar-refractivity contribution is -0.160. The maximum absolute atomic E-state index is 13.9. The zero-order valence-corrected chi connectivity index (χ0v) is 24.9. The van der Waals surface area contributed by atoms with Crippen molar-refractivity contribution in [3.05, 3.63) is 64.9 Å². The summed E-state index contributed by atoms with van der Waals surface area (Å²) >= 11 is 6.38. The Morgan fingerprint density at radius 1 is 0.956 bits per heavy atom. The Morgan fingerprint density at radius 2 is 1.64 bits per heavy atom. The molecular formula is C31H31ClF5N5O3. The van der Waals surface area contributed by atoms with Crippen LogP contribution in [-0.4, -0.2) is 76.9 Å². The number of alkyl halides is 5. The van der Waals surface area contributed by atoms with E-state index in [1.54, 1.807) is 17.0 Å². The van der Waals surface area contributed by atoms with Gasteiger partial charge < -0.3 is 19.8 Å². The number of benzene rings is 2. The number of piperidine rings is 1. The third-order valence-corrected chi connectivity index (χ3v) is 9.15. The topological polar surface area (TPSA) is 81.9 Å². The molecule has 1 N–H and O–H groups in total. The number of aromatic carboxylic acids is 1. The third kappa shape index (κ3) is 6.31. The number of carbonyl (C=O) groups excluding carboxylic acids is 1. The molecule has 45 heavy (non-hydrogen) atoms. The van der Waals surface area contributed by atoms with Crippen molar-refractivity contribution in [2.45, 2.75) is 43.8 Å². The maximum atomic E-state index is 13.9. The van der Waals surface area contributed by atoms with Crippen LogP contribution in [-0.2, 0) is 11.0 Å². The number of anilines is 2. The van der Waals surface area contributed by atoms with E-state index >= 15 is 0 Å². The van der Waals surface area contributed by atoms with E-state index in [0.717, 1.165) is 33.4 Å². The molecule has 3 aliphatic rings. The maximum Gasteiger partial charge on any atom is 0.433 e. The highest BCUT2D eigenvalue weighted by Gasteiger charge is 2.50. The first-order valence-corrected chi connectivity index (χ1v) is 15.1. The summed E-state index contributed by atoms with van der Waals surface area (Å²) in [5.74, 6) is -5.21. The summed E-state index contributed by atoms with van der Waals surface area (Å²) in [7, 11) is 0. The number of carboxylic acids is 1. The molecule has 3 heterocycles. The minimum Gasteiger partial charge on any atom is -0.478 e. The van der Waals surface area contributed by atoms with Crippen LogP contribution >= 0.6 is 11.6 Å². The molecule has 1 amide bonds. The number of amides is 1. The fourth-order valence-electron chi connectivity index (χ4n) is 6.59. The summed E-state index contributed by atoms with van der Waals surface area (Å²) in [6.07, 6.45) is -3.91. The standard InChI is InChI=1S/C31H31ClF5N5O3/c32-21-5-8-24(19-3-6-22(7-4-19)39-10-12-40(13-11-39)28(43)20-15-30(33,34)16-20)26(14-21)41-9-1-2-23(18-41)42-27(31(35,36)37)25(17-38-42)29(44)45/h3-8,14,17,20,23H,1-2,9-13,15-16,18H2,(H,44,45). The first-order valence-electron chi connectivity index (χ1n) is 14.8. The van der Waals surface area contributed by atoms with Gasteiger partial charge in [0, 0.05) is 80.0 Å². The van der Waals surface area contributed by atoms with Gasteiger partial charge in [-0.2, -0.15) is 18.3 Å². The Morgan fingerprint density at radius 3 is 2.27 bits per heavy atom. The summed E-state index contributed by atoms with van der Waals surface area (Å²) in [4.78, 5) is 29.8. The van der Waals surface area contributed by atoms with Gasteiger partial charge >= 0.3 is 12.1 Å². The number of carbonyl (C=O) groups is 2. The second kappa shape index (κ2) is 11.8. The van der Waals surface area contributed by atoms with E-state index < -0.39 is 41.3 Å². The predicted octanol–water partition coefficient (Wildman–Crippen LogP) is 6.46. The van der Waals surface area contributed by atoms with Crippen LogP contribution in [0.15, 0.2) is 48.7 Å². The monoisotopic (exact) mass is 651 g/mol. The lowest BCUT2D eigenvalue weighted by Gasteiger charge is -2.41. The average Bonchev–Trinajstić information content (AvgIpc) is 3.47. The molecule has 8 nitrogen and oxygen atoms in total. The van der Waals surface area contributed by atoms with Gasteiger partial charge in [0.15, 0.2) is 5.69 Å². The number of halogens is 6. The van der Waals surface area contributed by atoms with Gasteiger partial charge in [0.2, 0.25) is 11.8 Å². The summed E-state index contributed by atoms with van der Waals surface area (Å²) in [5, 5.41) is 13.6. The summed E-state index contributed by atoms with van der Waals surface area (Å²) < 4.78 is 69.0. The largest absolute Gasteiger partial charge is 0.478 e. The van der Waals surface area contributed by atoms with Crippen LogP contribution in [0.4, 0.5) is 33.3 Å². The molecule has 1 unspecified atom stereocenters. The number of aromatic nitrogens is 2. The fourth-order valence-corrected chi connectivity index (χ4v) is 6.76. The van der Waals surface area contributed by atoms with E-state index in [-0.39, 0.29) is 25.3 Å². The molecular weight excluding hydrogens is 621 g/mol. The van der Waals surface area contributed by atoms with Gasteiger partial charge in [-0.05, 0) is 42.7 Å². The van der Waals surface area contributed by atoms with Crippen LogP contribution in [0.3, 0.4) is 0 Å². The summed E-state index contributed by atoms with van der Waals surface area (Å²) in [5.41, 5.74) is 1.25. The molecule has 1 atom stereocenters. The van der Waals surface area contributed by atoms with Crippen molar-refractivity contribution in [1.29, 1.82) is 0 Å². The van der Waals surface area contributed by atoms with Crippen molar-refractivity contribution in [1.82, 2.24) is 14.7 Å². The second-order valence-corrected chi connectivity index (χ2v) is 12.3. The lowest BCUT2D eigenvalue weighted by Crippen LogP contribution is -2.53. The molecule has 6 rings (SSSR count). The molecule has 2 saturated heterocycles. The quantitative estimate of drug-likeness (QED) is 0.309. The Kier molecular flexibility index (Phi) is 8.17. The van der Waals surface area contributed by atoms with E-state index in [0.29, 0.717) is 50.6 Å². The van der Waals surface area contributed by atoms with Crippen LogP contribution in [0, 0.1) is 5.92 Å². The van der Waals surface area contributed by atoms with Gasteiger partial charge in [0.25, 0.3) is 0 Å². The minimum atomic E-state index is -4.88.